The van der Waals surface area contributed by atoms with Gasteiger partial charge in [0.2, 0.25) is 0 Å². The number of aliphatic hydroxyl groups is 3. The van der Waals surface area contributed by atoms with Crippen molar-refractivity contribution in [3.63, 3.8) is 0 Å². The summed E-state index contributed by atoms with van der Waals surface area (Å²) in [6.07, 6.45) is 1.71. The van der Waals surface area contributed by atoms with E-state index in [4.69, 9.17) is 5.11 Å². The Kier molecular flexibility index (Phi) is 2.55. The minimum Gasteiger partial charge on any atom is -0.395 e. The number of fused-ring (bicyclic) bond motifs is 1. The molecule has 2 saturated heterocycles. The van der Waals surface area contributed by atoms with Gasteiger partial charge in [-0.15, -0.1) is 0 Å². The second-order valence-corrected chi connectivity index (χ2v) is 4.09. The van der Waals surface area contributed by atoms with E-state index in [0.717, 1.165) is 19.3 Å². The second kappa shape index (κ2) is 3.53. The van der Waals surface area contributed by atoms with Crippen LogP contribution in [0.25, 0.3) is 0 Å². The molecule has 2 rings (SSSR count). The van der Waals surface area contributed by atoms with Gasteiger partial charge in [-0.3, -0.25) is 4.90 Å². The van der Waals surface area contributed by atoms with E-state index in [1.54, 1.807) is 0 Å². The maximum absolute atomic E-state index is 9.63. The summed E-state index contributed by atoms with van der Waals surface area (Å²) in [4.78, 5) is 2.05. The van der Waals surface area contributed by atoms with Crippen molar-refractivity contribution in [2.24, 2.45) is 0 Å². The molecule has 2 aliphatic heterocycles. The van der Waals surface area contributed by atoms with Crippen LogP contribution < -0.4 is 0 Å². The van der Waals surface area contributed by atoms with E-state index in [9.17, 15) is 10.2 Å². The van der Waals surface area contributed by atoms with Crippen molar-refractivity contribution < 1.29 is 15.3 Å². The lowest BCUT2D eigenvalue weighted by atomic mass is 9.95. The van der Waals surface area contributed by atoms with Crippen LogP contribution in [0.15, 0.2) is 0 Å². The highest BCUT2D eigenvalue weighted by Gasteiger charge is 2.44. The fourth-order valence-electron chi connectivity index (χ4n) is 2.59. The Morgan fingerprint density at radius 1 is 1.23 bits per heavy atom. The van der Waals surface area contributed by atoms with Crippen LogP contribution in [0.3, 0.4) is 0 Å². The first-order chi connectivity index (χ1) is 6.24. The monoisotopic (exact) mass is 187 g/mol. The third-order valence-electron chi connectivity index (χ3n) is 3.33. The molecular weight excluding hydrogens is 170 g/mol. The van der Waals surface area contributed by atoms with Crippen molar-refractivity contribution >= 4 is 0 Å². The lowest BCUT2D eigenvalue weighted by Gasteiger charge is -2.37. The summed E-state index contributed by atoms with van der Waals surface area (Å²) in [5.41, 5.74) is 0. The summed E-state index contributed by atoms with van der Waals surface area (Å²) in [6, 6.07) is 0.214. The summed E-state index contributed by atoms with van der Waals surface area (Å²) in [6.45, 7) is 0.646. The number of hydrogen-bond donors (Lipinski definition) is 3. The largest absolute Gasteiger partial charge is 0.395 e. The van der Waals surface area contributed by atoms with Crippen molar-refractivity contribution in [1.82, 2.24) is 4.90 Å². The van der Waals surface area contributed by atoms with Gasteiger partial charge < -0.3 is 15.3 Å². The third kappa shape index (κ3) is 1.48. The average Bonchev–Trinajstić information content (AvgIpc) is 2.43. The normalized spacial score (nSPS) is 46.4. The zero-order chi connectivity index (χ0) is 9.42. The fourth-order valence-corrected chi connectivity index (χ4v) is 2.59. The first kappa shape index (κ1) is 9.40. The number of aliphatic hydroxyl groups excluding tert-OH is 3. The maximum Gasteiger partial charge on any atom is 0.0966 e. The van der Waals surface area contributed by atoms with Crippen molar-refractivity contribution in [3.05, 3.63) is 0 Å². The van der Waals surface area contributed by atoms with Crippen LogP contribution in [0.1, 0.15) is 19.3 Å². The summed E-state index contributed by atoms with van der Waals surface area (Å²) in [5.74, 6) is 0. The predicted octanol–water partition coefficient (Wildman–Crippen LogP) is -1.06. The highest BCUT2D eigenvalue weighted by Crippen LogP contribution is 2.31. The maximum atomic E-state index is 9.63. The molecule has 0 amide bonds. The molecule has 4 heteroatoms. The lowest BCUT2D eigenvalue weighted by Crippen LogP contribution is -2.47. The minimum atomic E-state index is -0.628. The van der Waals surface area contributed by atoms with Crippen LogP contribution in [-0.4, -0.2) is 57.7 Å². The first-order valence-corrected chi connectivity index (χ1v) is 4.96. The van der Waals surface area contributed by atoms with Crippen LogP contribution in [0, 0.1) is 0 Å². The van der Waals surface area contributed by atoms with E-state index in [1.165, 1.54) is 0 Å². The molecule has 2 heterocycles. The van der Waals surface area contributed by atoms with Crippen LogP contribution in [0.2, 0.25) is 0 Å². The lowest BCUT2D eigenvalue weighted by molar-refractivity contribution is 0.0167. The molecule has 0 aromatic rings. The topological polar surface area (TPSA) is 63.9 Å². The Bertz CT molecular complexity index is 188. The molecule has 0 saturated carbocycles. The van der Waals surface area contributed by atoms with Gasteiger partial charge in [0.25, 0.3) is 0 Å². The van der Waals surface area contributed by atoms with Crippen molar-refractivity contribution in [2.75, 3.05) is 13.2 Å². The van der Waals surface area contributed by atoms with Gasteiger partial charge in [0.1, 0.15) is 0 Å². The molecule has 0 bridgehead atoms. The number of nitrogens with zero attached hydrogens (tertiary/aromatic N) is 1. The number of rotatable bonds is 1. The Hall–Kier alpha value is -0.160. The Labute approximate surface area is 77.8 Å². The van der Waals surface area contributed by atoms with E-state index in [0.29, 0.717) is 6.54 Å². The molecule has 76 valence electrons. The summed E-state index contributed by atoms with van der Waals surface area (Å²) >= 11 is 0. The van der Waals surface area contributed by atoms with E-state index >= 15 is 0 Å². The van der Waals surface area contributed by atoms with Crippen LogP contribution in [0.4, 0.5) is 0 Å². The van der Waals surface area contributed by atoms with Gasteiger partial charge in [-0.1, -0.05) is 6.42 Å². The zero-order valence-corrected chi connectivity index (χ0v) is 7.63. The van der Waals surface area contributed by atoms with E-state index in [1.807, 2.05) is 0 Å². The van der Waals surface area contributed by atoms with Crippen LogP contribution in [0.5, 0.6) is 0 Å². The van der Waals surface area contributed by atoms with E-state index < -0.39 is 12.2 Å². The van der Waals surface area contributed by atoms with Gasteiger partial charge >= 0.3 is 0 Å². The number of piperidine rings is 1. The molecule has 0 aromatic carbocycles. The van der Waals surface area contributed by atoms with Gasteiger partial charge in [-0.05, 0) is 12.8 Å². The summed E-state index contributed by atoms with van der Waals surface area (Å²) < 4.78 is 0. The molecular formula is C9H17NO3. The van der Waals surface area contributed by atoms with E-state index in [-0.39, 0.29) is 18.7 Å². The highest BCUT2D eigenvalue weighted by atomic mass is 16.3. The minimum absolute atomic E-state index is 0.0703. The highest BCUT2D eigenvalue weighted by molar-refractivity contribution is 4.98. The fraction of sp³-hybridized carbons (Fsp3) is 1.00. The third-order valence-corrected chi connectivity index (χ3v) is 3.33. The Morgan fingerprint density at radius 3 is 2.69 bits per heavy atom. The molecule has 13 heavy (non-hydrogen) atoms. The Balaban J connectivity index is 2.09. The SMILES string of the molecule is OC[C@@H]1CCC[C@@H]2[C@@H](O)[C@@H](O)CN12. The molecule has 4 atom stereocenters. The standard InChI is InChI=1S/C9H17NO3/c11-5-6-2-1-3-7-9(13)8(12)4-10(6)7/h6-9,11-13H,1-5H2/t6-,7+,8-,9+/m0/s1. The van der Waals surface area contributed by atoms with Crippen LogP contribution in [-0.2, 0) is 0 Å². The quantitative estimate of drug-likeness (QED) is 0.489. The van der Waals surface area contributed by atoms with Gasteiger partial charge in [-0.25, -0.2) is 0 Å². The van der Waals surface area contributed by atoms with Gasteiger partial charge in [0, 0.05) is 18.6 Å². The van der Waals surface area contributed by atoms with Gasteiger partial charge in [0.05, 0.1) is 18.8 Å². The molecule has 4 nitrogen and oxygen atoms in total. The van der Waals surface area contributed by atoms with Crippen molar-refractivity contribution in [1.29, 1.82) is 0 Å². The van der Waals surface area contributed by atoms with Gasteiger partial charge in [-0.2, -0.15) is 0 Å². The molecule has 2 fully saturated rings. The summed E-state index contributed by atoms with van der Waals surface area (Å²) in [7, 11) is 0. The molecule has 3 N–H and O–H groups in total. The molecule has 0 radical (unpaired) electrons. The van der Waals surface area contributed by atoms with Crippen molar-refractivity contribution in [3.8, 4) is 0 Å². The Morgan fingerprint density at radius 2 is 2.00 bits per heavy atom. The molecule has 0 aliphatic carbocycles. The first-order valence-electron chi connectivity index (χ1n) is 4.96. The zero-order valence-electron chi connectivity index (χ0n) is 7.63. The number of hydrogen-bond acceptors (Lipinski definition) is 4. The van der Waals surface area contributed by atoms with Gasteiger partial charge in [0.15, 0.2) is 0 Å². The molecule has 2 aliphatic rings. The van der Waals surface area contributed by atoms with E-state index in [2.05, 4.69) is 4.90 Å². The van der Waals surface area contributed by atoms with Crippen LogP contribution >= 0.6 is 0 Å². The summed E-state index contributed by atoms with van der Waals surface area (Å²) in [5, 5.41) is 28.2. The predicted molar refractivity (Wildman–Crippen MR) is 47.2 cm³/mol. The smallest absolute Gasteiger partial charge is 0.0966 e. The molecule has 0 spiro atoms. The molecule has 0 unspecified atom stereocenters. The van der Waals surface area contributed by atoms with Crippen molar-refractivity contribution in [2.45, 2.75) is 43.6 Å². The second-order valence-electron chi connectivity index (χ2n) is 4.09. The molecule has 0 aromatic heterocycles. The average molecular weight is 187 g/mol.